The van der Waals surface area contributed by atoms with Gasteiger partial charge in [-0.05, 0) is 34.6 Å². The van der Waals surface area contributed by atoms with Crippen LogP contribution in [0.1, 0.15) is 11.9 Å². The number of likely N-dealkylation sites (N-methyl/N-ethyl adjacent to an activating group) is 1. The molecule has 0 fully saturated rings. The summed E-state index contributed by atoms with van der Waals surface area (Å²) in [7, 11) is 0. The minimum absolute atomic E-state index is 0.279. The Balaban J connectivity index is 2.19. The maximum absolute atomic E-state index is 13.7. The van der Waals surface area contributed by atoms with Gasteiger partial charge in [0.2, 0.25) is 0 Å². The van der Waals surface area contributed by atoms with Crippen LogP contribution in [-0.2, 0) is 6.42 Å². The molecule has 0 radical (unpaired) electrons. The Bertz CT molecular complexity index is 510. The Morgan fingerprint density at radius 2 is 2.22 bits per heavy atom. The molecular formula is C12H13BrFN3S. The van der Waals surface area contributed by atoms with Gasteiger partial charge in [0.25, 0.3) is 0 Å². The molecule has 1 heterocycles. The fourth-order valence-electron chi connectivity index (χ4n) is 1.53. The quantitative estimate of drug-likeness (QED) is 0.855. The lowest BCUT2D eigenvalue weighted by atomic mass is 10.2. The molecule has 0 unspecified atom stereocenters. The first-order chi connectivity index (χ1) is 8.72. The van der Waals surface area contributed by atoms with Gasteiger partial charge in [-0.25, -0.2) is 4.39 Å². The molecule has 0 atom stereocenters. The standard InChI is InChI=1S/C12H13BrFN3S/c1-2-15-7-6-10-16-17-12(18-10)11-8(13)4-3-5-9(11)14/h3-5,15H,2,6-7H2,1H3. The number of hydrogen-bond acceptors (Lipinski definition) is 4. The number of nitrogens with one attached hydrogen (secondary N) is 1. The van der Waals surface area contributed by atoms with E-state index in [1.807, 2.05) is 0 Å². The molecule has 0 spiro atoms. The molecule has 1 aromatic carbocycles. The van der Waals surface area contributed by atoms with E-state index in [1.165, 1.54) is 17.4 Å². The van der Waals surface area contributed by atoms with Crippen LogP contribution < -0.4 is 5.32 Å². The largest absolute Gasteiger partial charge is 0.317 e. The highest BCUT2D eigenvalue weighted by Gasteiger charge is 2.14. The van der Waals surface area contributed by atoms with Crippen LogP contribution >= 0.6 is 27.3 Å². The molecule has 0 saturated heterocycles. The first-order valence-corrected chi connectivity index (χ1v) is 7.30. The Labute approximate surface area is 118 Å². The third-order valence-corrected chi connectivity index (χ3v) is 4.07. The predicted octanol–water partition coefficient (Wildman–Crippen LogP) is 3.26. The third kappa shape index (κ3) is 3.13. The van der Waals surface area contributed by atoms with Crippen molar-refractivity contribution < 1.29 is 4.39 Å². The van der Waals surface area contributed by atoms with E-state index in [2.05, 4.69) is 38.4 Å². The maximum Gasteiger partial charge on any atom is 0.151 e. The summed E-state index contributed by atoms with van der Waals surface area (Å²) in [5.74, 6) is -0.279. The van der Waals surface area contributed by atoms with E-state index < -0.39 is 0 Å². The van der Waals surface area contributed by atoms with Crippen molar-refractivity contribution in [2.24, 2.45) is 0 Å². The van der Waals surface area contributed by atoms with Crippen LogP contribution in [0.3, 0.4) is 0 Å². The second-order valence-electron chi connectivity index (χ2n) is 3.70. The Morgan fingerprint density at radius 1 is 1.39 bits per heavy atom. The number of rotatable bonds is 5. The van der Waals surface area contributed by atoms with E-state index in [-0.39, 0.29) is 5.82 Å². The predicted molar refractivity (Wildman–Crippen MR) is 75.3 cm³/mol. The normalized spacial score (nSPS) is 10.8. The van der Waals surface area contributed by atoms with E-state index in [9.17, 15) is 4.39 Å². The first kappa shape index (κ1) is 13.6. The fourth-order valence-corrected chi connectivity index (χ4v) is 3.09. The molecule has 2 rings (SSSR count). The summed E-state index contributed by atoms with van der Waals surface area (Å²) in [4.78, 5) is 0. The number of hydrogen-bond donors (Lipinski definition) is 1. The molecule has 18 heavy (non-hydrogen) atoms. The molecule has 3 nitrogen and oxygen atoms in total. The van der Waals surface area contributed by atoms with Crippen LogP contribution in [0.15, 0.2) is 22.7 Å². The second kappa shape index (κ2) is 6.36. The summed E-state index contributed by atoms with van der Waals surface area (Å²) < 4.78 is 14.5. The zero-order valence-corrected chi connectivity index (χ0v) is 12.3. The third-order valence-electron chi connectivity index (χ3n) is 2.41. The highest BCUT2D eigenvalue weighted by Crippen LogP contribution is 2.32. The second-order valence-corrected chi connectivity index (χ2v) is 5.62. The van der Waals surface area contributed by atoms with E-state index in [0.29, 0.717) is 15.0 Å². The molecule has 0 bridgehead atoms. The molecule has 2 aromatic rings. The Hall–Kier alpha value is -0.850. The lowest BCUT2D eigenvalue weighted by molar-refractivity contribution is 0.630. The molecule has 1 N–H and O–H groups in total. The van der Waals surface area contributed by atoms with Gasteiger partial charge in [0.05, 0.1) is 5.56 Å². The molecule has 0 saturated carbocycles. The van der Waals surface area contributed by atoms with Gasteiger partial charge in [0.15, 0.2) is 5.01 Å². The van der Waals surface area contributed by atoms with Crippen molar-refractivity contribution in [3.8, 4) is 10.6 Å². The summed E-state index contributed by atoms with van der Waals surface area (Å²) in [5, 5.41) is 12.9. The molecule has 0 amide bonds. The molecule has 1 aromatic heterocycles. The van der Waals surface area contributed by atoms with Gasteiger partial charge in [-0.2, -0.15) is 0 Å². The van der Waals surface area contributed by atoms with Crippen molar-refractivity contribution in [2.45, 2.75) is 13.3 Å². The van der Waals surface area contributed by atoms with Crippen molar-refractivity contribution >= 4 is 27.3 Å². The highest BCUT2D eigenvalue weighted by molar-refractivity contribution is 9.10. The maximum atomic E-state index is 13.7. The van der Waals surface area contributed by atoms with E-state index in [0.717, 1.165) is 24.5 Å². The van der Waals surface area contributed by atoms with Crippen LogP contribution in [0.25, 0.3) is 10.6 Å². The number of aromatic nitrogens is 2. The molecule has 96 valence electrons. The van der Waals surface area contributed by atoms with Crippen LogP contribution in [0, 0.1) is 5.82 Å². The summed E-state index contributed by atoms with van der Waals surface area (Å²) in [6.07, 6.45) is 0.817. The van der Waals surface area contributed by atoms with Crippen molar-refractivity contribution in [1.29, 1.82) is 0 Å². The summed E-state index contributed by atoms with van der Waals surface area (Å²) in [5.41, 5.74) is 0.490. The SMILES string of the molecule is CCNCCc1nnc(-c2c(F)cccc2Br)s1. The van der Waals surface area contributed by atoms with Crippen molar-refractivity contribution in [3.63, 3.8) is 0 Å². The topological polar surface area (TPSA) is 37.8 Å². The highest BCUT2D eigenvalue weighted by atomic mass is 79.9. The summed E-state index contributed by atoms with van der Waals surface area (Å²) in [6, 6.07) is 4.90. The van der Waals surface area contributed by atoms with E-state index in [1.54, 1.807) is 12.1 Å². The Morgan fingerprint density at radius 3 is 2.94 bits per heavy atom. The van der Waals surface area contributed by atoms with Gasteiger partial charge >= 0.3 is 0 Å². The lowest BCUT2D eigenvalue weighted by Gasteiger charge is -2.00. The van der Waals surface area contributed by atoms with Gasteiger partial charge in [0, 0.05) is 17.4 Å². The minimum Gasteiger partial charge on any atom is -0.317 e. The van der Waals surface area contributed by atoms with Crippen LogP contribution in [0.4, 0.5) is 4.39 Å². The average Bonchev–Trinajstić information content (AvgIpc) is 2.78. The van der Waals surface area contributed by atoms with Gasteiger partial charge in [-0.15, -0.1) is 10.2 Å². The summed E-state index contributed by atoms with van der Waals surface area (Å²) >= 11 is 4.78. The Kier molecular flexibility index (Phi) is 4.79. The number of benzene rings is 1. The molecule has 0 aliphatic heterocycles. The van der Waals surface area contributed by atoms with Crippen molar-refractivity contribution in [2.75, 3.05) is 13.1 Å². The van der Waals surface area contributed by atoms with Gasteiger partial charge < -0.3 is 5.32 Å². The smallest absolute Gasteiger partial charge is 0.151 e. The molecular weight excluding hydrogens is 317 g/mol. The summed E-state index contributed by atoms with van der Waals surface area (Å²) in [6.45, 7) is 3.86. The number of halogens is 2. The number of nitrogens with zero attached hydrogens (tertiary/aromatic N) is 2. The van der Waals surface area contributed by atoms with E-state index in [4.69, 9.17) is 0 Å². The average molecular weight is 330 g/mol. The molecule has 0 aliphatic carbocycles. The van der Waals surface area contributed by atoms with Gasteiger partial charge in [-0.3, -0.25) is 0 Å². The zero-order chi connectivity index (χ0) is 13.0. The van der Waals surface area contributed by atoms with Crippen LogP contribution in [0.5, 0.6) is 0 Å². The van der Waals surface area contributed by atoms with Crippen LogP contribution in [-0.4, -0.2) is 23.3 Å². The monoisotopic (exact) mass is 329 g/mol. The van der Waals surface area contributed by atoms with E-state index >= 15 is 0 Å². The molecule has 0 aliphatic rings. The zero-order valence-electron chi connectivity index (χ0n) is 9.91. The van der Waals surface area contributed by atoms with Gasteiger partial charge in [0.1, 0.15) is 10.8 Å². The van der Waals surface area contributed by atoms with Crippen LogP contribution in [0.2, 0.25) is 0 Å². The first-order valence-electron chi connectivity index (χ1n) is 5.70. The fraction of sp³-hybridized carbons (Fsp3) is 0.333. The lowest BCUT2D eigenvalue weighted by Crippen LogP contribution is -2.15. The molecule has 6 heteroatoms. The van der Waals surface area contributed by atoms with Crippen molar-refractivity contribution in [1.82, 2.24) is 15.5 Å². The van der Waals surface area contributed by atoms with Crippen molar-refractivity contribution in [3.05, 3.63) is 33.5 Å². The van der Waals surface area contributed by atoms with Gasteiger partial charge in [-0.1, -0.05) is 24.3 Å². The minimum atomic E-state index is -0.279.